The molecule has 0 aromatic rings. The van der Waals surface area contributed by atoms with Crippen LogP contribution in [0.5, 0.6) is 0 Å². The Morgan fingerprint density at radius 2 is 2.17 bits per heavy atom. The molecule has 1 saturated heterocycles. The summed E-state index contributed by atoms with van der Waals surface area (Å²) in [4.78, 5) is 2.15. The van der Waals surface area contributed by atoms with Crippen LogP contribution in [0.4, 0.5) is 0 Å². The van der Waals surface area contributed by atoms with E-state index in [1.54, 1.807) is 0 Å². The maximum Gasteiger partial charge on any atom is 0.0680 e. The van der Waals surface area contributed by atoms with Crippen molar-refractivity contribution in [3.8, 4) is 6.07 Å². The van der Waals surface area contributed by atoms with Crippen LogP contribution in [-0.4, -0.2) is 35.2 Å². The maximum atomic E-state index is 9.44. The van der Waals surface area contributed by atoms with Crippen LogP contribution in [0, 0.1) is 17.2 Å². The number of aliphatic hydroxyl groups is 1. The van der Waals surface area contributed by atoms with Gasteiger partial charge >= 0.3 is 0 Å². The molecule has 12 heavy (non-hydrogen) atoms. The van der Waals surface area contributed by atoms with Crippen molar-refractivity contribution in [2.24, 2.45) is 5.92 Å². The van der Waals surface area contributed by atoms with Gasteiger partial charge in [-0.15, -0.1) is 0 Å². The number of nitrogens with zero attached hydrogens (tertiary/aromatic N) is 2. The van der Waals surface area contributed by atoms with Crippen molar-refractivity contribution in [2.45, 2.75) is 32.4 Å². The molecule has 0 radical (unpaired) electrons. The molecule has 1 fully saturated rings. The molecule has 3 nitrogen and oxygen atoms in total. The van der Waals surface area contributed by atoms with E-state index >= 15 is 0 Å². The molecule has 2 atom stereocenters. The first kappa shape index (κ1) is 9.50. The normalized spacial score (nSPS) is 31.9. The standard InChI is InChI=1S/C9H16N2O/c1-7(2)11-5-8(4-10)3-9(12)6-11/h7-9,12H,3,5-6H2,1-2H3/t8-,9-/m1/s1. The lowest BCUT2D eigenvalue weighted by Crippen LogP contribution is -2.45. The van der Waals surface area contributed by atoms with Gasteiger partial charge < -0.3 is 5.11 Å². The van der Waals surface area contributed by atoms with Crippen LogP contribution in [0.3, 0.4) is 0 Å². The number of nitriles is 1. The Morgan fingerprint density at radius 3 is 2.67 bits per heavy atom. The lowest BCUT2D eigenvalue weighted by atomic mass is 9.96. The molecule has 0 aliphatic carbocycles. The Hall–Kier alpha value is -0.590. The third-order valence-corrected chi connectivity index (χ3v) is 2.37. The van der Waals surface area contributed by atoms with Gasteiger partial charge in [-0.25, -0.2) is 0 Å². The summed E-state index contributed by atoms with van der Waals surface area (Å²) >= 11 is 0. The highest BCUT2D eigenvalue weighted by molar-refractivity contribution is 4.92. The number of rotatable bonds is 1. The molecule has 3 heteroatoms. The average molecular weight is 168 g/mol. The number of β-amino-alcohol motifs (C(OH)–C–C–N with tert-alkyl or cyclic N) is 1. The van der Waals surface area contributed by atoms with Crippen molar-refractivity contribution in [3.05, 3.63) is 0 Å². The monoisotopic (exact) mass is 168 g/mol. The van der Waals surface area contributed by atoms with Gasteiger partial charge in [-0.2, -0.15) is 5.26 Å². The second-order valence-corrected chi connectivity index (χ2v) is 3.76. The van der Waals surface area contributed by atoms with Gasteiger partial charge in [0.15, 0.2) is 0 Å². The molecule has 1 rings (SSSR count). The molecular weight excluding hydrogens is 152 g/mol. The zero-order valence-electron chi connectivity index (χ0n) is 7.70. The lowest BCUT2D eigenvalue weighted by Gasteiger charge is -2.35. The molecule has 1 N–H and O–H groups in total. The minimum atomic E-state index is -0.314. The van der Waals surface area contributed by atoms with E-state index in [1.165, 1.54) is 0 Å². The fraction of sp³-hybridized carbons (Fsp3) is 0.889. The van der Waals surface area contributed by atoms with Gasteiger partial charge in [0.2, 0.25) is 0 Å². The number of hydrogen-bond acceptors (Lipinski definition) is 3. The Labute approximate surface area is 73.6 Å². The van der Waals surface area contributed by atoms with E-state index in [4.69, 9.17) is 5.26 Å². The first-order valence-corrected chi connectivity index (χ1v) is 4.45. The molecule has 1 heterocycles. The third-order valence-electron chi connectivity index (χ3n) is 2.37. The molecule has 0 amide bonds. The molecule has 0 bridgehead atoms. The van der Waals surface area contributed by atoms with E-state index in [0.29, 0.717) is 12.5 Å². The van der Waals surface area contributed by atoms with Crippen molar-refractivity contribution < 1.29 is 5.11 Å². The average Bonchev–Trinajstić information content (AvgIpc) is 2.03. The minimum Gasteiger partial charge on any atom is -0.392 e. The van der Waals surface area contributed by atoms with Gasteiger partial charge in [0.1, 0.15) is 0 Å². The van der Waals surface area contributed by atoms with Crippen LogP contribution in [0.25, 0.3) is 0 Å². The van der Waals surface area contributed by atoms with Gasteiger partial charge in [0.25, 0.3) is 0 Å². The Morgan fingerprint density at radius 1 is 1.50 bits per heavy atom. The van der Waals surface area contributed by atoms with Gasteiger partial charge in [-0.05, 0) is 20.3 Å². The molecule has 0 spiro atoms. The van der Waals surface area contributed by atoms with Crippen molar-refractivity contribution in [1.82, 2.24) is 4.90 Å². The molecule has 1 aliphatic rings. The van der Waals surface area contributed by atoms with Gasteiger partial charge in [0.05, 0.1) is 18.1 Å². The van der Waals surface area contributed by atoms with Crippen LogP contribution >= 0.6 is 0 Å². The first-order chi connectivity index (χ1) is 5.63. The predicted octanol–water partition coefficient (Wildman–Crippen LogP) is 0.601. The number of piperidine rings is 1. The fourth-order valence-electron chi connectivity index (χ4n) is 1.62. The Kier molecular flexibility index (Phi) is 3.07. The SMILES string of the molecule is CC(C)N1C[C@H](O)C[C@H](C#N)C1. The van der Waals surface area contributed by atoms with Crippen LogP contribution in [0.2, 0.25) is 0 Å². The van der Waals surface area contributed by atoms with Crippen molar-refractivity contribution in [3.63, 3.8) is 0 Å². The quantitative estimate of drug-likeness (QED) is 0.623. The minimum absolute atomic E-state index is 0.0103. The molecule has 0 unspecified atom stereocenters. The summed E-state index contributed by atoms with van der Waals surface area (Å²) in [5, 5.41) is 18.2. The summed E-state index contributed by atoms with van der Waals surface area (Å²) in [6.45, 7) is 5.71. The number of likely N-dealkylation sites (tertiary alicyclic amines) is 1. The largest absolute Gasteiger partial charge is 0.392 e. The highest BCUT2D eigenvalue weighted by atomic mass is 16.3. The van der Waals surface area contributed by atoms with Gasteiger partial charge in [-0.1, -0.05) is 0 Å². The highest BCUT2D eigenvalue weighted by Gasteiger charge is 2.26. The predicted molar refractivity (Wildman–Crippen MR) is 46.4 cm³/mol. The first-order valence-electron chi connectivity index (χ1n) is 4.45. The number of aliphatic hydroxyl groups excluding tert-OH is 1. The van der Waals surface area contributed by atoms with Crippen LogP contribution in [0.1, 0.15) is 20.3 Å². The molecular formula is C9H16N2O. The van der Waals surface area contributed by atoms with Crippen molar-refractivity contribution in [2.75, 3.05) is 13.1 Å². The summed E-state index contributed by atoms with van der Waals surface area (Å²) in [5.74, 6) is 0.0103. The van der Waals surface area contributed by atoms with E-state index in [0.717, 1.165) is 13.1 Å². The van der Waals surface area contributed by atoms with E-state index < -0.39 is 0 Å². The summed E-state index contributed by atoms with van der Waals surface area (Å²) < 4.78 is 0. The van der Waals surface area contributed by atoms with Crippen molar-refractivity contribution >= 4 is 0 Å². The topological polar surface area (TPSA) is 47.3 Å². The highest BCUT2D eigenvalue weighted by Crippen LogP contribution is 2.17. The second-order valence-electron chi connectivity index (χ2n) is 3.76. The fourth-order valence-corrected chi connectivity index (χ4v) is 1.62. The summed E-state index contributed by atoms with van der Waals surface area (Å²) in [7, 11) is 0. The zero-order chi connectivity index (χ0) is 9.14. The molecule has 1 aliphatic heterocycles. The number of hydrogen-bond donors (Lipinski definition) is 1. The van der Waals surface area contributed by atoms with Crippen LogP contribution in [0.15, 0.2) is 0 Å². The van der Waals surface area contributed by atoms with E-state index in [-0.39, 0.29) is 12.0 Å². The molecule has 68 valence electrons. The maximum absolute atomic E-state index is 9.44. The second kappa shape index (κ2) is 3.88. The van der Waals surface area contributed by atoms with E-state index in [2.05, 4.69) is 24.8 Å². The van der Waals surface area contributed by atoms with Gasteiger partial charge in [-0.3, -0.25) is 4.90 Å². The molecule has 0 aromatic heterocycles. The van der Waals surface area contributed by atoms with Crippen molar-refractivity contribution in [1.29, 1.82) is 5.26 Å². The van der Waals surface area contributed by atoms with Crippen LogP contribution in [-0.2, 0) is 0 Å². The molecule has 0 saturated carbocycles. The summed E-state index contributed by atoms with van der Waals surface area (Å²) in [6.07, 6.45) is 0.325. The smallest absolute Gasteiger partial charge is 0.0680 e. The Balaban J connectivity index is 2.52. The molecule has 0 aromatic carbocycles. The van der Waals surface area contributed by atoms with Gasteiger partial charge in [0, 0.05) is 19.1 Å². The lowest BCUT2D eigenvalue weighted by molar-refractivity contribution is 0.0379. The summed E-state index contributed by atoms with van der Waals surface area (Å²) in [6, 6.07) is 2.64. The van der Waals surface area contributed by atoms with E-state index in [1.807, 2.05) is 0 Å². The Bertz CT molecular complexity index is 185. The zero-order valence-corrected chi connectivity index (χ0v) is 7.70. The third kappa shape index (κ3) is 2.20. The summed E-state index contributed by atoms with van der Waals surface area (Å²) in [5.41, 5.74) is 0. The van der Waals surface area contributed by atoms with Crippen LogP contribution < -0.4 is 0 Å². The van der Waals surface area contributed by atoms with E-state index in [9.17, 15) is 5.11 Å².